The molecule has 0 saturated carbocycles. The quantitative estimate of drug-likeness (QED) is 0.445. The number of benzene rings is 1. The molecule has 3 aromatic rings. The van der Waals surface area contributed by atoms with Gasteiger partial charge in [-0.05, 0) is 54.4 Å². The number of anilines is 1. The van der Waals surface area contributed by atoms with E-state index >= 15 is 0 Å². The highest BCUT2D eigenvalue weighted by atomic mass is 16.6. The van der Waals surface area contributed by atoms with Crippen molar-refractivity contribution in [2.45, 2.75) is 50.0 Å². The zero-order chi connectivity index (χ0) is 24.9. The summed E-state index contributed by atoms with van der Waals surface area (Å²) in [5, 5.41) is 15.8. The molecule has 2 aromatic heterocycles. The van der Waals surface area contributed by atoms with Gasteiger partial charge in [0.25, 0.3) is 0 Å². The lowest BCUT2D eigenvalue weighted by Crippen LogP contribution is -2.47. The molecule has 36 heavy (non-hydrogen) atoms. The molecule has 0 unspecified atom stereocenters. The molecule has 1 fully saturated rings. The number of aliphatic hydroxyl groups is 1. The largest absolute Gasteiger partial charge is 0.487 e. The zero-order valence-corrected chi connectivity index (χ0v) is 19.7. The van der Waals surface area contributed by atoms with Gasteiger partial charge in [0.15, 0.2) is 0 Å². The van der Waals surface area contributed by atoms with Gasteiger partial charge in [-0.3, -0.25) is 19.6 Å². The van der Waals surface area contributed by atoms with Crippen LogP contribution in [0.5, 0.6) is 5.75 Å². The molecule has 4 atom stereocenters. The third kappa shape index (κ3) is 5.53. The first-order valence-corrected chi connectivity index (χ1v) is 12.0. The first kappa shape index (κ1) is 23.9. The predicted molar refractivity (Wildman–Crippen MR) is 131 cm³/mol. The van der Waals surface area contributed by atoms with Crippen LogP contribution in [0.3, 0.4) is 0 Å². The summed E-state index contributed by atoms with van der Waals surface area (Å²) >= 11 is 0. The summed E-state index contributed by atoms with van der Waals surface area (Å²) in [6, 6.07) is 14.7. The monoisotopic (exact) mass is 488 g/mol. The smallest absolute Gasteiger partial charge is 0.228 e. The number of aromatic nitrogens is 2. The van der Waals surface area contributed by atoms with Crippen molar-refractivity contribution in [3.8, 4) is 5.75 Å². The van der Waals surface area contributed by atoms with Crippen LogP contribution in [0.25, 0.3) is 0 Å². The van der Waals surface area contributed by atoms with E-state index in [4.69, 9.17) is 9.47 Å². The highest BCUT2D eigenvalue weighted by molar-refractivity contribution is 5.92. The fourth-order valence-electron chi connectivity index (χ4n) is 4.83. The third-order valence-corrected chi connectivity index (χ3v) is 6.50. The average molecular weight is 489 g/mol. The number of pyridine rings is 2. The Morgan fingerprint density at radius 1 is 1.06 bits per heavy atom. The molecule has 0 aliphatic carbocycles. The van der Waals surface area contributed by atoms with Crippen LogP contribution in [0.15, 0.2) is 67.1 Å². The Kier molecular flexibility index (Phi) is 7.20. The maximum absolute atomic E-state index is 12.6. The molecule has 0 radical (unpaired) electrons. The minimum absolute atomic E-state index is 0.0588. The molecule has 0 bridgehead atoms. The molecule has 1 aromatic carbocycles. The van der Waals surface area contributed by atoms with Crippen LogP contribution in [0, 0.1) is 0 Å². The maximum Gasteiger partial charge on any atom is 0.228 e. The van der Waals surface area contributed by atoms with Crippen LogP contribution in [0.2, 0.25) is 0 Å². The van der Waals surface area contributed by atoms with Crippen molar-refractivity contribution in [1.29, 1.82) is 0 Å². The first-order chi connectivity index (χ1) is 17.6. The highest BCUT2D eigenvalue weighted by Crippen LogP contribution is 2.47. The van der Waals surface area contributed by atoms with E-state index in [1.54, 1.807) is 24.7 Å². The van der Waals surface area contributed by atoms with Crippen LogP contribution in [0.1, 0.15) is 35.6 Å². The molecule has 2 amide bonds. The average Bonchev–Trinajstić information content (AvgIpc) is 3.26. The number of fused-ring (bicyclic) bond motifs is 3. The fraction of sp³-hybridized carbons (Fsp3) is 0.333. The lowest BCUT2D eigenvalue weighted by Gasteiger charge is -2.37. The van der Waals surface area contributed by atoms with Crippen molar-refractivity contribution >= 4 is 17.5 Å². The summed E-state index contributed by atoms with van der Waals surface area (Å²) in [6.07, 6.45) is 4.73. The Morgan fingerprint density at radius 2 is 1.92 bits per heavy atom. The second-order valence-electron chi connectivity index (χ2n) is 9.04. The van der Waals surface area contributed by atoms with E-state index in [0.29, 0.717) is 24.4 Å². The van der Waals surface area contributed by atoms with Gasteiger partial charge >= 0.3 is 0 Å². The van der Waals surface area contributed by atoms with Crippen LogP contribution < -0.4 is 15.4 Å². The Morgan fingerprint density at radius 3 is 2.69 bits per heavy atom. The van der Waals surface area contributed by atoms with E-state index in [2.05, 4.69) is 20.6 Å². The van der Waals surface area contributed by atoms with E-state index in [1.807, 2.05) is 42.5 Å². The molecule has 0 spiro atoms. The standard InChI is InChI=1S/C27H28N4O5/c32-16-24-27-22(13-20(35-24)14-25(33)30-15-19-3-1-2-8-29-19)21-12-18(4-5-23(21)36-27)31-26(34)11-17-6-9-28-10-7-17/h1-10,12,20,22,24,27,32H,11,13-16H2,(H,30,33)(H,31,34)/t20-,22-,24+,27+/m0/s1. The van der Waals surface area contributed by atoms with Gasteiger partial charge in [0, 0.05) is 35.8 Å². The third-order valence-electron chi connectivity index (χ3n) is 6.50. The Bertz CT molecular complexity index is 1210. The number of nitrogens with zero attached hydrogens (tertiary/aromatic N) is 2. The number of amides is 2. The van der Waals surface area contributed by atoms with Crippen molar-refractivity contribution in [1.82, 2.24) is 15.3 Å². The van der Waals surface area contributed by atoms with Crippen LogP contribution in [-0.2, 0) is 27.3 Å². The van der Waals surface area contributed by atoms with E-state index in [1.165, 1.54) is 0 Å². The maximum atomic E-state index is 12.6. The molecular weight excluding hydrogens is 460 g/mol. The summed E-state index contributed by atoms with van der Waals surface area (Å²) < 4.78 is 12.2. The molecule has 4 heterocycles. The molecule has 3 N–H and O–H groups in total. The number of carbonyl (C=O) groups is 2. The molecule has 5 rings (SSSR count). The summed E-state index contributed by atoms with van der Waals surface area (Å²) in [6.45, 7) is 0.132. The van der Waals surface area contributed by atoms with E-state index in [-0.39, 0.29) is 49.4 Å². The number of rotatable bonds is 8. The van der Waals surface area contributed by atoms with E-state index < -0.39 is 6.10 Å². The molecule has 2 aliphatic heterocycles. The summed E-state index contributed by atoms with van der Waals surface area (Å²) in [7, 11) is 0. The lowest BCUT2D eigenvalue weighted by atomic mass is 9.84. The van der Waals surface area contributed by atoms with Crippen molar-refractivity contribution in [2.24, 2.45) is 0 Å². The fourth-order valence-corrected chi connectivity index (χ4v) is 4.83. The minimum atomic E-state index is -0.547. The summed E-state index contributed by atoms with van der Waals surface area (Å²) in [5.41, 5.74) is 3.28. The summed E-state index contributed by atoms with van der Waals surface area (Å²) in [4.78, 5) is 33.3. The number of hydrogen-bond acceptors (Lipinski definition) is 7. The molecule has 9 heteroatoms. The number of hydrogen-bond donors (Lipinski definition) is 3. The highest BCUT2D eigenvalue weighted by Gasteiger charge is 2.46. The number of ether oxygens (including phenoxy) is 2. The van der Waals surface area contributed by atoms with Gasteiger partial charge in [0.2, 0.25) is 11.8 Å². The summed E-state index contributed by atoms with van der Waals surface area (Å²) in [5.74, 6) is 0.382. The van der Waals surface area contributed by atoms with E-state index in [9.17, 15) is 14.7 Å². The predicted octanol–water partition coefficient (Wildman–Crippen LogP) is 2.36. The van der Waals surface area contributed by atoms with Gasteiger partial charge in [-0.1, -0.05) is 6.07 Å². The molecule has 9 nitrogen and oxygen atoms in total. The van der Waals surface area contributed by atoms with Gasteiger partial charge in [0.05, 0.1) is 37.8 Å². The van der Waals surface area contributed by atoms with Gasteiger partial charge in [-0.15, -0.1) is 0 Å². The second kappa shape index (κ2) is 10.8. The minimum Gasteiger partial charge on any atom is -0.487 e. The Hall–Kier alpha value is -3.82. The Labute approximate surface area is 208 Å². The van der Waals surface area contributed by atoms with Crippen molar-refractivity contribution in [3.05, 3.63) is 83.9 Å². The van der Waals surface area contributed by atoms with Crippen LogP contribution in [0.4, 0.5) is 5.69 Å². The topological polar surface area (TPSA) is 123 Å². The number of carbonyl (C=O) groups excluding carboxylic acids is 2. The van der Waals surface area contributed by atoms with Crippen molar-refractivity contribution in [3.63, 3.8) is 0 Å². The lowest BCUT2D eigenvalue weighted by molar-refractivity contribution is -0.142. The number of nitrogens with one attached hydrogen (secondary N) is 2. The van der Waals surface area contributed by atoms with Gasteiger partial charge in [0.1, 0.15) is 18.0 Å². The second-order valence-corrected chi connectivity index (χ2v) is 9.04. The van der Waals surface area contributed by atoms with Crippen LogP contribution >= 0.6 is 0 Å². The Balaban J connectivity index is 1.24. The van der Waals surface area contributed by atoms with Gasteiger partial charge in [-0.2, -0.15) is 0 Å². The normalized spacial score (nSPS) is 22.1. The molecule has 186 valence electrons. The zero-order valence-electron chi connectivity index (χ0n) is 19.7. The van der Waals surface area contributed by atoms with E-state index in [0.717, 1.165) is 16.8 Å². The first-order valence-electron chi connectivity index (χ1n) is 12.0. The van der Waals surface area contributed by atoms with Gasteiger partial charge < -0.3 is 25.2 Å². The number of aliphatic hydroxyl groups excluding tert-OH is 1. The van der Waals surface area contributed by atoms with Crippen molar-refractivity contribution < 1.29 is 24.2 Å². The molecule has 1 saturated heterocycles. The van der Waals surface area contributed by atoms with Crippen LogP contribution in [-0.4, -0.2) is 51.8 Å². The van der Waals surface area contributed by atoms with Crippen molar-refractivity contribution in [2.75, 3.05) is 11.9 Å². The van der Waals surface area contributed by atoms with Gasteiger partial charge in [-0.25, -0.2) is 0 Å². The SMILES string of the molecule is O=C(C[C@@H]1C[C@H]2c3cc(NC(=O)Cc4ccncc4)ccc3O[C@H]2[C@@H](CO)O1)NCc1ccccn1. The molecule has 2 aliphatic rings. The molecular formula is C27H28N4O5.